The standard InChI is InChI=1S/C37H40N2/c1-4-29(3)32-20-9-12-23-35(32)38-30-17-7-5-6-8-19-31(27-26-28(2)16-15-18-30)39-36-24-13-10-21-33(36)34-22-11-14-25-37(34)39/h4-5,7-13,15,17-24,27-28,38H,6,14,16,25-26H2,1-3H3/b7-5+,18-15-,19-8-,29-4+,30-17+,31-27+. The number of nitrogens with zero attached hydrogens (tertiary/aromatic N) is 1. The van der Waals surface area contributed by atoms with Crippen LogP contribution in [-0.4, -0.2) is 4.57 Å². The lowest BCUT2D eigenvalue weighted by Gasteiger charge is -2.16. The Labute approximate surface area is 234 Å². The molecule has 1 atom stereocenters. The maximum Gasteiger partial charge on any atom is 0.0537 e. The Kier molecular flexibility index (Phi) is 8.63. The fraction of sp³-hybridized carbons (Fsp3) is 0.243. The normalized spacial score (nSPS) is 23.6. The quantitative estimate of drug-likeness (QED) is 0.368. The molecule has 1 N–H and O–H groups in total. The largest absolute Gasteiger partial charge is 0.355 e. The van der Waals surface area contributed by atoms with Crippen molar-refractivity contribution in [3.05, 3.63) is 132 Å². The number of para-hydroxylation sites is 2. The Hall–Kier alpha value is -4.04. The van der Waals surface area contributed by atoms with E-state index in [0.29, 0.717) is 5.92 Å². The number of hydrogen-bond acceptors (Lipinski definition) is 1. The number of hydrogen-bond donors (Lipinski definition) is 1. The molecule has 0 aliphatic heterocycles. The van der Waals surface area contributed by atoms with Crippen LogP contribution in [0.1, 0.15) is 63.3 Å². The first-order valence-corrected chi connectivity index (χ1v) is 14.3. The molecule has 2 heteroatoms. The van der Waals surface area contributed by atoms with Crippen LogP contribution in [0.4, 0.5) is 5.69 Å². The van der Waals surface area contributed by atoms with Gasteiger partial charge in [-0.25, -0.2) is 0 Å². The fourth-order valence-corrected chi connectivity index (χ4v) is 5.45. The van der Waals surface area contributed by atoms with E-state index >= 15 is 0 Å². The molecule has 2 aromatic carbocycles. The third kappa shape index (κ3) is 6.17. The van der Waals surface area contributed by atoms with Gasteiger partial charge in [-0.2, -0.15) is 0 Å². The lowest BCUT2D eigenvalue weighted by atomic mass is 10.0. The molecule has 0 bridgehead atoms. The summed E-state index contributed by atoms with van der Waals surface area (Å²) in [5.74, 6) is 0.541. The molecule has 0 saturated carbocycles. The fourth-order valence-electron chi connectivity index (χ4n) is 5.45. The van der Waals surface area contributed by atoms with E-state index in [4.69, 9.17) is 0 Å². The summed E-state index contributed by atoms with van der Waals surface area (Å²) < 4.78 is 2.51. The number of nitrogens with one attached hydrogen (secondary N) is 1. The van der Waals surface area contributed by atoms with E-state index < -0.39 is 0 Å². The molecular formula is C37H40N2. The van der Waals surface area contributed by atoms with E-state index in [1.54, 1.807) is 0 Å². The summed E-state index contributed by atoms with van der Waals surface area (Å²) >= 11 is 0. The molecule has 2 aliphatic rings. The molecule has 0 fully saturated rings. The van der Waals surface area contributed by atoms with Crippen LogP contribution in [-0.2, 0) is 6.42 Å². The van der Waals surface area contributed by atoms with Crippen LogP contribution in [0.5, 0.6) is 0 Å². The van der Waals surface area contributed by atoms with Gasteiger partial charge in [-0.05, 0) is 87.8 Å². The van der Waals surface area contributed by atoms with Crippen molar-refractivity contribution in [2.75, 3.05) is 5.32 Å². The molecule has 0 amide bonds. The predicted octanol–water partition coefficient (Wildman–Crippen LogP) is 10.3. The van der Waals surface area contributed by atoms with Gasteiger partial charge in [-0.1, -0.05) is 91.9 Å². The minimum atomic E-state index is 0.541. The van der Waals surface area contributed by atoms with Crippen LogP contribution in [0.3, 0.4) is 0 Å². The van der Waals surface area contributed by atoms with Gasteiger partial charge in [0.05, 0.1) is 5.52 Å². The molecule has 0 radical (unpaired) electrons. The highest BCUT2D eigenvalue weighted by Gasteiger charge is 2.18. The molecule has 2 aliphatic carbocycles. The van der Waals surface area contributed by atoms with Gasteiger partial charge in [0.2, 0.25) is 0 Å². The van der Waals surface area contributed by atoms with E-state index in [0.717, 1.165) is 43.5 Å². The van der Waals surface area contributed by atoms with Crippen molar-refractivity contribution in [2.45, 2.75) is 52.9 Å². The van der Waals surface area contributed by atoms with Gasteiger partial charge in [0.25, 0.3) is 0 Å². The number of aromatic nitrogens is 1. The second kappa shape index (κ2) is 12.7. The number of fused-ring (bicyclic) bond motifs is 3. The lowest BCUT2D eigenvalue weighted by Crippen LogP contribution is -2.04. The molecule has 3 aromatic rings. The van der Waals surface area contributed by atoms with Crippen molar-refractivity contribution in [1.29, 1.82) is 0 Å². The summed E-state index contributed by atoms with van der Waals surface area (Å²) in [6.07, 6.45) is 30.1. The predicted molar refractivity (Wildman–Crippen MR) is 171 cm³/mol. The van der Waals surface area contributed by atoms with Crippen LogP contribution in [0.25, 0.3) is 28.2 Å². The van der Waals surface area contributed by atoms with E-state index in [2.05, 4.69) is 146 Å². The van der Waals surface area contributed by atoms with Crippen molar-refractivity contribution in [2.24, 2.45) is 5.92 Å². The van der Waals surface area contributed by atoms with Gasteiger partial charge in [0.1, 0.15) is 0 Å². The van der Waals surface area contributed by atoms with Gasteiger partial charge >= 0.3 is 0 Å². The Balaban J connectivity index is 1.43. The first-order valence-electron chi connectivity index (χ1n) is 14.3. The second-order valence-corrected chi connectivity index (χ2v) is 10.6. The number of allylic oxidation sites excluding steroid dienone is 12. The third-order valence-electron chi connectivity index (χ3n) is 7.71. The zero-order valence-corrected chi connectivity index (χ0v) is 23.5. The SMILES string of the molecule is C/C=C(\C)c1ccccc1NC1=C/C=C/C/C=C\C(n2c3c(c4ccccc42)C=CCC3)=C/CC(C)C/C=C\1. The second-order valence-electron chi connectivity index (χ2n) is 10.6. The first-order chi connectivity index (χ1) is 19.2. The van der Waals surface area contributed by atoms with Gasteiger partial charge in [-0.15, -0.1) is 0 Å². The van der Waals surface area contributed by atoms with Crippen molar-refractivity contribution in [3.63, 3.8) is 0 Å². The maximum atomic E-state index is 3.67. The Morgan fingerprint density at radius 2 is 1.77 bits per heavy atom. The highest BCUT2D eigenvalue weighted by molar-refractivity contribution is 5.95. The van der Waals surface area contributed by atoms with Crippen LogP contribution >= 0.6 is 0 Å². The van der Waals surface area contributed by atoms with Gasteiger partial charge in [-0.3, -0.25) is 0 Å². The van der Waals surface area contributed by atoms with E-state index in [1.807, 2.05) is 0 Å². The van der Waals surface area contributed by atoms with Gasteiger partial charge in [0.15, 0.2) is 0 Å². The van der Waals surface area contributed by atoms with Crippen molar-refractivity contribution < 1.29 is 0 Å². The molecule has 0 saturated heterocycles. The van der Waals surface area contributed by atoms with Crippen LogP contribution in [0.2, 0.25) is 0 Å². The average Bonchev–Trinajstić information content (AvgIpc) is 3.30. The smallest absolute Gasteiger partial charge is 0.0537 e. The summed E-state index contributed by atoms with van der Waals surface area (Å²) in [4.78, 5) is 0. The minimum Gasteiger partial charge on any atom is -0.355 e. The Morgan fingerprint density at radius 1 is 0.923 bits per heavy atom. The average molecular weight is 513 g/mol. The zero-order valence-electron chi connectivity index (χ0n) is 23.5. The minimum absolute atomic E-state index is 0.541. The first kappa shape index (κ1) is 26.6. The zero-order chi connectivity index (χ0) is 27.0. The summed E-state index contributed by atoms with van der Waals surface area (Å²) in [5, 5.41) is 5.03. The Morgan fingerprint density at radius 3 is 2.67 bits per heavy atom. The van der Waals surface area contributed by atoms with Crippen molar-refractivity contribution in [3.8, 4) is 0 Å². The Bertz CT molecular complexity index is 1530. The maximum absolute atomic E-state index is 3.67. The number of rotatable bonds is 4. The number of benzene rings is 2. The molecule has 1 aromatic heterocycles. The summed E-state index contributed by atoms with van der Waals surface area (Å²) in [6.45, 7) is 6.60. The lowest BCUT2D eigenvalue weighted by molar-refractivity contribution is 0.602. The molecule has 1 unspecified atom stereocenters. The molecule has 198 valence electrons. The summed E-state index contributed by atoms with van der Waals surface area (Å²) in [7, 11) is 0. The molecular weight excluding hydrogens is 472 g/mol. The molecule has 0 spiro atoms. The monoisotopic (exact) mass is 512 g/mol. The molecule has 2 nitrogen and oxygen atoms in total. The molecule has 39 heavy (non-hydrogen) atoms. The highest BCUT2D eigenvalue weighted by atomic mass is 15.0. The van der Waals surface area contributed by atoms with Crippen molar-refractivity contribution in [1.82, 2.24) is 4.57 Å². The van der Waals surface area contributed by atoms with Crippen molar-refractivity contribution >= 4 is 33.9 Å². The topological polar surface area (TPSA) is 17.0 Å². The highest BCUT2D eigenvalue weighted by Crippen LogP contribution is 2.34. The van der Waals surface area contributed by atoms with E-state index in [9.17, 15) is 0 Å². The van der Waals surface area contributed by atoms with Crippen LogP contribution in [0.15, 0.2) is 115 Å². The van der Waals surface area contributed by atoms with Crippen LogP contribution < -0.4 is 5.32 Å². The summed E-state index contributed by atoms with van der Waals surface area (Å²) in [6, 6.07) is 17.4. The van der Waals surface area contributed by atoms with Gasteiger partial charge in [0, 0.05) is 39.3 Å². The molecule has 1 heterocycles. The van der Waals surface area contributed by atoms with E-state index in [-0.39, 0.29) is 0 Å². The molecule has 5 rings (SSSR count). The van der Waals surface area contributed by atoms with Crippen LogP contribution in [0, 0.1) is 5.92 Å². The van der Waals surface area contributed by atoms with E-state index in [1.165, 1.54) is 39.0 Å². The third-order valence-corrected chi connectivity index (χ3v) is 7.71. The number of anilines is 1. The summed E-state index contributed by atoms with van der Waals surface area (Å²) in [5.41, 5.74) is 10.2. The van der Waals surface area contributed by atoms with Gasteiger partial charge < -0.3 is 9.88 Å².